The highest BCUT2D eigenvalue weighted by Crippen LogP contribution is 2.36. The van der Waals surface area contributed by atoms with Crippen LogP contribution in [0.4, 0.5) is 0 Å². The fourth-order valence-electron chi connectivity index (χ4n) is 4.74. The smallest absolute Gasteiger partial charge is 0.347 e. The summed E-state index contributed by atoms with van der Waals surface area (Å²) in [6.07, 6.45) is 1.56. The van der Waals surface area contributed by atoms with E-state index in [2.05, 4.69) is 39.9 Å². The van der Waals surface area contributed by atoms with Crippen LogP contribution in [0.3, 0.4) is 0 Å². The Balaban J connectivity index is 1.64. The Bertz CT molecular complexity index is 1920. The minimum atomic E-state index is -0.437. The summed E-state index contributed by atoms with van der Waals surface area (Å²) in [6, 6.07) is 32.3. The average Bonchev–Trinajstić information content (AvgIpc) is 3.22. The number of nitrogens with zero attached hydrogens (tertiary/aromatic N) is 3. The molecule has 0 aliphatic heterocycles. The number of benzene rings is 4. The summed E-state index contributed by atoms with van der Waals surface area (Å²) in [5, 5.41) is 3.26. The first-order valence-electron chi connectivity index (χ1n) is 11.1. The van der Waals surface area contributed by atoms with Gasteiger partial charge in [-0.1, -0.05) is 66.7 Å². The Morgan fingerprint density at radius 1 is 0.676 bits per heavy atom. The molecule has 0 amide bonds. The monoisotopic (exact) mass is 439 g/mol. The van der Waals surface area contributed by atoms with Gasteiger partial charge in [0.05, 0.1) is 16.6 Å². The standard InChI is InChI=1S/C29H17N3O2/c33-29-23-17-30-28(18-9-3-1-4-10-18)31-27(23)22-15-25-21(16-26(22)34-29)20-13-7-8-14-24(20)32(25)19-11-5-2-6-12-19/h1-17H. The average molecular weight is 439 g/mol. The normalized spacial score (nSPS) is 11.6. The zero-order valence-corrected chi connectivity index (χ0v) is 18.0. The number of para-hydroxylation sites is 2. The lowest BCUT2D eigenvalue weighted by Gasteiger charge is -2.09. The van der Waals surface area contributed by atoms with Crippen LogP contribution in [0.1, 0.15) is 0 Å². The van der Waals surface area contributed by atoms with Crippen LogP contribution in [-0.4, -0.2) is 14.5 Å². The second-order valence-corrected chi connectivity index (χ2v) is 8.27. The molecule has 5 nitrogen and oxygen atoms in total. The quantitative estimate of drug-likeness (QED) is 0.228. The Hall–Kier alpha value is -4.77. The lowest BCUT2D eigenvalue weighted by molar-refractivity contribution is 0.569. The van der Waals surface area contributed by atoms with Crippen molar-refractivity contribution in [1.29, 1.82) is 0 Å². The van der Waals surface area contributed by atoms with Crippen LogP contribution in [0.2, 0.25) is 0 Å². The summed E-state index contributed by atoms with van der Waals surface area (Å²) in [4.78, 5) is 22.1. The molecule has 0 bridgehead atoms. The van der Waals surface area contributed by atoms with E-state index in [-0.39, 0.29) is 0 Å². The molecular weight excluding hydrogens is 422 g/mol. The van der Waals surface area contributed by atoms with Gasteiger partial charge in [0.15, 0.2) is 5.82 Å². The van der Waals surface area contributed by atoms with Crippen molar-refractivity contribution in [3.8, 4) is 17.1 Å². The molecule has 0 atom stereocenters. The van der Waals surface area contributed by atoms with Crippen molar-refractivity contribution in [3.63, 3.8) is 0 Å². The SMILES string of the molecule is O=c1oc2cc3c4ccccc4n(-c4ccccc4)c3cc2c2nc(-c3ccccc3)ncc12. The molecule has 0 saturated carbocycles. The molecule has 0 unspecified atom stereocenters. The van der Waals surface area contributed by atoms with Gasteiger partial charge in [-0.05, 0) is 30.3 Å². The predicted molar refractivity (Wildman–Crippen MR) is 135 cm³/mol. The maximum absolute atomic E-state index is 12.8. The first-order valence-corrected chi connectivity index (χ1v) is 11.1. The largest absolute Gasteiger partial charge is 0.422 e. The van der Waals surface area contributed by atoms with Gasteiger partial charge in [-0.2, -0.15) is 0 Å². The molecule has 34 heavy (non-hydrogen) atoms. The lowest BCUT2D eigenvalue weighted by atomic mass is 10.1. The molecule has 0 saturated heterocycles. The molecule has 0 aliphatic rings. The summed E-state index contributed by atoms with van der Waals surface area (Å²) in [7, 11) is 0. The van der Waals surface area contributed by atoms with Crippen LogP contribution in [0, 0.1) is 0 Å². The van der Waals surface area contributed by atoms with Gasteiger partial charge in [-0.25, -0.2) is 14.8 Å². The number of aromatic nitrogens is 3. The fraction of sp³-hybridized carbons (Fsp3) is 0. The first kappa shape index (κ1) is 18.8. The van der Waals surface area contributed by atoms with Gasteiger partial charge < -0.3 is 8.98 Å². The topological polar surface area (TPSA) is 60.9 Å². The van der Waals surface area contributed by atoms with E-state index in [1.807, 2.05) is 66.7 Å². The van der Waals surface area contributed by atoms with Crippen molar-refractivity contribution in [1.82, 2.24) is 14.5 Å². The van der Waals surface area contributed by atoms with E-state index in [1.54, 1.807) is 6.20 Å². The molecule has 0 fully saturated rings. The van der Waals surface area contributed by atoms with Crippen molar-refractivity contribution in [2.24, 2.45) is 0 Å². The van der Waals surface area contributed by atoms with Crippen molar-refractivity contribution in [3.05, 3.63) is 114 Å². The van der Waals surface area contributed by atoms with Gasteiger partial charge in [0.2, 0.25) is 0 Å². The van der Waals surface area contributed by atoms with Gasteiger partial charge in [0.1, 0.15) is 11.0 Å². The Kier molecular flexibility index (Phi) is 3.93. The van der Waals surface area contributed by atoms with E-state index in [0.717, 1.165) is 38.4 Å². The minimum Gasteiger partial charge on any atom is -0.422 e. The van der Waals surface area contributed by atoms with Gasteiger partial charge in [0.25, 0.3) is 0 Å². The number of fused-ring (bicyclic) bond motifs is 6. The maximum atomic E-state index is 12.8. The van der Waals surface area contributed by atoms with E-state index >= 15 is 0 Å². The number of hydrogen-bond acceptors (Lipinski definition) is 4. The summed E-state index contributed by atoms with van der Waals surface area (Å²) in [5.74, 6) is 0.573. The Morgan fingerprint density at radius 2 is 1.41 bits per heavy atom. The van der Waals surface area contributed by atoms with E-state index in [0.29, 0.717) is 22.3 Å². The molecule has 7 aromatic rings. The highest BCUT2D eigenvalue weighted by Gasteiger charge is 2.17. The van der Waals surface area contributed by atoms with E-state index in [9.17, 15) is 4.79 Å². The van der Waals surface area contributed by atoms with Crippen molar-refractivity contribution in [2.75, 3.05) is 0 Å². The zero-order chi connectivity index (χ0) is 22.6. The van der Waals surface area contributed by atoms with Crippen LogP contribution in [0.25, 0.3) is 60.8 Å². The van der Waals surface area contributed by atoms with E-state index in [4.69, 9.17) is 9.40 Å². The van der Waals surface area contributed by atoms with E-state index in [1.165, 1.54) is 0 Å². The summed E-state index contributed by atoms with van der Waals surface area (Å²) in [6.45, 7) is 0. The molecule has 160 valence electrons. The van der Waals surface area contributed by atoms with Crippen LogP contribution >= 0.6 is 0 Å². The molecule has 0 aliphatic carbocycles. The number of hydrogen-bond donors (Lipinski definition) is 0. The van der Waals surface area contributed by atoms with E-state index < -0.39 is 5.63 Å². The Morgan fingerprint density at radius 3 is 2.24 bits per heavy atom. The van der Waals surface area contributed by atoms with Crippen LogP contribution < -0.4 is 5.63 Å². The zero-order valence-electron chi connectivity index (χ0n) is 18.0. The third kappa shape index (κ3) is 2.70. The fourth-order valence-corrected chi connectivity index (χ4v) is 4.74. The van der Waals surface area contributed by atoms with Crippen molar-refractivity contribution < 1.29 is 4.42 Å². The predicted octanol–water partition coefficient (Wildman–Crippen LogP) is 6.50. The molecule has 5 heteroatoms. The van der Waals surface area contributed by atoms with Crippen LogP contribution in [0.15, 0.2) is 112 Å². The second-order valence-electron chi connectivity index (χ2n) is 8.27. The molecule has 7 rings (SSSR count). The lowest BCUT2D eigenvalue weighted by Crippen LogP contribution is -2.03. The minimum absolute atomic E-state index is 0.369. The van der Waals surface area contributed by atoms with Gasteiger partial charge in [-0.15, -0.1) is 0 Å². The van der Waals surface area contributed by atoms with Crippen molar-refractivity contribution in [2.45, 2.75) is 0 Å². The second kappa shape index (κ2) is 7.12. The van der Waals surface area contributed by atoms with Crippen LogP contribution in [-0.2, 0) is 0 Å². The third-order valence-electron chi connectivity index (χ3n) is 6.29. The molecule has 4 aromatic carbocycles. The molecule has 3 aromatic heterocycles. The molecule has 0 spiro atoms. The Labute approximate surface area is 193 Å². The molecule has 0 radical (unpaired) electrons. The molecule has 3 heterocycles. The van der Waals surface area contributed by atoms with Gasteiger partial charge >= 0.3 is 5.63 Å². The molecule has 0 N–H and O–H groups in total. The summed E-state index contributed by atoms with van der Waals surface area (Å²) in [5.41, 5.74) is 4.73. The van der Waals surface area contributed by atoms with Crippen LogP contribution in [0.5, 0.6) is 0 Å². The first-order chi connectivity index (χ1) is 16.8. The summed E-state index contributed by atoms with van der Waals surface area (Å²) >= 11 is 0. The highest BCUT2D eigenvalue weighted by molar-refractivity contribution is 6.16. The third-order valence-corrected chi connectivity index (χ3v) is 6.29. The van der Waals surface area contributed by atoms with Gasteiger partial charge in [0, 0.05) is 33.6 Å². The van der Waals surface area contributed by atoms with Gasteiger partial charge in [-0.3, -0.25) is 0 Å². The number of rotatable bonds is 2. The van der Waals surface area contributed by atoms with Crippen molar-refractivity contribution >= 4 is 43.7 Å². The highest BCUT2D eigenvalue weighted by atomic mass is 16.4. The molecular formula is C29H17N3O2. The maximum Gasteiger partial charge on any atom is 0.347 e. The summed E-state index contributed by atoms with van der Waals surface area (Å²) < 4.78 is 7.98.